The number of carbonyl (C=O) groups is 1. The van der Waals surface area contributed by atoms with Crippen LogP contribution in [0.25, 0.3) is 0 Å². The minimum Gasteiger partial charge on any atom is -0.399 e. The van der Waals surface area contributed by atoms with Gasteiger partial charge in [0.05, 0.1) is 0 Å². The number of nitrogens with two attached hydrogens (primary N) is 1. The van der Waals surface area contributed by atoms with Gasteiger partial charge in [-0.3, -0.25) is 4.79 Å². The maximum absolute atomic E-state index is 10.9. The van der Waals surface area contributed by atoms with Crippen LogP contribution in [-0.4, -0.2) is 5.78 Å². The molecule has 3 heteroatoms. The van der Waals surface area contributed by atoms with Gasteiger partial charge in [0, 0.05) is 11.3 Å². The Morgan fingerprint density at radius 3 is 2.42 bits per heavy atom. The molecule has 0 aliphatic rings. The van der Waals surface area contributed by atoms with Crippen molar-refractivity contribution in [2.75, 3.05) is 5.73 Å². The Morgan fingerprint density at radius 2 is 2.00 bits per heavy atom. The minimum absolute atomic E-state index is 0. The van der Waals surface area contributed by atoms with Crippen LogP contribution < -0.4 is 11.9 Å². The number of benzene rings is 1. The van der Waals surface area contributed by atoms with Crippen molar-refractivity contribution in [3.63, 3.8) is 0 Å². The first-order valence-corrected chi connectivity index (χ1v) is 3.48. The number of carbonyl (C=O) groups excluding carboxylic acids is 1. The second kappa shape index (κ2) is 3.88. The maximum Gasteiger partial charge on any atom is 0.160 e. The van der Waals surface area contributed by atoms with Gasteiger partial charge in [0.1, 0.15) is 0 Å². The van der Waals surface area contributed by atoms with E-state index in [0.29, 0.717) is 5.69 Å². The molecule has 0 amide bonds. The molecule has 0 aliphatic carbocycles. The zero-order valence-electron chi connectivity index (χ0n) is 7.42. The lowest BCUT2D eigenvalue weighted by Gasteiger charge is -2.01. The highest BCUT2D eigenvalue weighted by atomic mass is 16.1. The number of nitrogen functional groups attached to an aromatic ring is 1. The normalized spacial score (nSPS) is 8.83. The Bertz CT molecular complexity index is 295. The van der Waals surface area contributed by atoms with Crippen LogP contribution in [0, 0.1) is 6.92 Å². The summed E-state index contributed by atoms with van der Waals surface area (Å²) in [5.74, 6) is 0.0856. The molecular weight excluding hydrogens is 152 g/mol. The summed E-state index contributed by atoms with van der Waals surface area (Å²) in [5.41, 5.74) is 7.91. The molecule has 0 saturated carbocycles. The van der Waals surface area contributed by atoms with Gasteiger partial charge < -0.3 is 11.9 Å². The monoisotopic (exact) mass is 166 g/mol. The van der Waals surface area contributed by atoms with Crippen molar-refractivity contribution in [1.82, 2.24) is 6.15 Å². The SMILES string of the molecule is CC(=O)c1ccc(N)cc1C.N. The first kappa shape index (κ1) is 10.7. The summed E-state index contributed by atoms with van der Waals surface area (Å²) >= 11 is 0. The molecule has 1 aromatic carbocycles. The van der Waals surface area contributed by atoms with Crippen LogP contribution in [0.15, 0.2) is 18.2 Å². The molecule has 1 aromatic rings. The number of ketones is 1. The molecule has 0 heterocycles. The third kappa shape index (κ3) is 2.07. The smallest absolute Gasteiger partial charge is 0.160 e. The number of hydrogen-bond donors (Lipinski definition) is 2. The summed E-state index contributed by atoms with van der Waals surface area (Å²) in [4.78, 5) is 10.9. The van der Waals surface area contributed by atoms with E-state index in [1.54, 1.807) is 25.1 Å². The molecule has 5 N–H and O–H groups in total. The van der Waals surface area contributed by atoms with Crippen molar-refractivity contribution in [3.05, 3.63) is 29.3 Å². The zero-order chi connectivity index (χ0) is 8.43. The van der Waals surface area contributed by atoms with Gasteiger partial charge in [0.15, 0.2) is 5.78 Å². The molecule has 0 atom stereocenters. The van der Waals surface area contributed by atoms with Crippen LogP contribution >= 0.6 is 0 Å². The maximum atomic E-state index is 10.9. The van der Waals surface area contributed by atoms with Crippen molar-refractivity contribution in [2.45, 2.75) is 13.8 Å². The molecule has 0 aromatic heterocycles. The zero-order valence-corrected chi connectivity index (χ0v) is 7.42. The van der Waals surface area contributed by atoms with E-state index in [2.05, 4.69) is 0 Å². The van der Waals surface area contributed by atoms with Gasteiger partial charge in [-0.25, -0.2) is 0 Å². The quantitative estimate of drug-likeness (QED) is 0.494. The Balaban J connectivity index is 0.00000121. The van der Waals surface area contributed by atoms with Gasteiger partial charge in [-0.05, 0) is 37.6 Å². The lowest BCUT2D eigenvalue weighted by atomic mass is 10.1. The van der Waals surface area contributed by atoms with Crippen molar-refractivity contribution < 1.29 is 4.79 Å². The third-order valence-corrected chi connectivity index (χ3v) is 1.63. The Labute approximate surface area is 72.2 Å². The number of rotatable bonds is 1. The first-order valence-electron chi connectivity index (χ1n) is 3.48. The van der Waals surface area contributed by atoms with E-state index in [1.807, 2.05) is 6.92 Å². The van der Waals surface area contributed by atoms with Crippen LogP contribution in [0.3, 0.4) is 0 Å². The van der Waals surface area contributed by atoms with Gasteiger partial charge in [-0.1, -0.05) is 0 Å². The van der Waals surface area contributed by atoms with Gasteiger partial charge in [0.2, 0.25) is 0 Å². The first-order chi connectivity index (χ1) is 5.11. The standard InChI is InChI=1S/C9H11NO.H3N/c1-6-5-8(10)3-4-9(6)7(2)11;/h3-5H,10H2,1-2H3;1H3. The van der Waals surface area contributed by atoms with E-state index in [-0.39, 0.29) is 11.9 Å². The van der Waals surface area contributed by atoms with E-state index in [1.165, 1.54) is 0 Å². The van der Waals surface area contributed by atoms with Crippen LogP contribution in [0.1, 0.15) is 22.8 Å². The Morgan fingerprint density at radius 1 is 1.42 bits per heavy atom. The molecular formula is C9H14N2O. The molecule has 0 aliphatic heterocycles. The highest BCUT2D eigenvalue weighted by Gasteiger charge is 2.01. The fourth-order valence-corrected chi connectivity index (χ4v) is 1.08. The summed E-state index contributed by atoms with van der Waals surface area (Å²) in [6.07, 6.45) is 0. The fourth-order valence-electron chi connectivity index (χ4n) is 1.08. The summed E-state index contributed by atoms with van der Waals surface area (Å²) in [6.45, 7) is 3.44. The molecule has 0 bridgehead atoms. The molecule has 0 unspecified atom stereocenters. The summed E-state index contributed by atoms with van der Waals surface area (Å²) in [5, 5.41) is 0. The summed E-state index contributed by atoms with van der Waals surface area (Å²) in [7, 11) is 0. The van der Waals surface area contributed by atoms with E-state index >= 15 is 0 Å². The lowest BCUT2D eigenvalue weighted by Crippen LogP contribution is -1.96. The van der Waals surface area contributed by atoms with Crippen molar-refractivity contribution in [2.24, 2.45) is 0 Å². The molecule has 3 nitrogen and oxygen atoms in total. The summed E-state index contributed by atoms with van der Waals surface area (Å²) < 4.78 is 0. The molecule has 0 saturated heterocycles. The van der Waals surface area contributed by atoms with Crippen molar-refractivity contribution in [3.8, 4) is 0 Å². The predicted molar refractivity (Wildman–Crippen MR) is 50.6 cm³/mol. The summed E-state index contributed by atoms with van der Waals surface area (Å²) in [6, 6.07) is 5.30. The second-order valence-corrected chi connectivity index (χ2v) is 2.63. The lowest BCUT2D eigenvalue weighted by molar-refractivity contribution is 0.101. The predicted octanol–water partition coefficient (Wildman–Crippen LogP) is 1.94. The molecule has 12 heavy (non-hydrogen) atoms. The number of aryl methyl sites for hydroxylation is 1. The highest BCUT2D eigenvalue weighted by molar-refractivity contribution is 5.95. The van der Waals surface area contributed by atoms with Gasteiger partial charge in [-0.15, -0.1) is 0 Å². The molecule has 0 radical (unpaired) electrons. The van der Waals surface area contributed by atoms with E-state index < -0.39 is 0 Å². The van der Waals surface area contributed by atoms with E-state index in [9.17, 15) is 4.79 Å². The van der Waals surface area contributed by atoms with Gasteiger partial charge in [0.25, 0.3) is 0 Å². The van der Waals surface area contributed by atoms with Crippen LogP contribution in [0.5, 0.6) is 0 Å². The van der Waals surface area contributed by atoms with Crippen LogP contribution in [-0.2, 0) is 0 Å². The van der Waals surface area contributed by atoms with Gasteiger partial charge >= 0.3 is 0 Å². The Hall–Kier alpha value is -1.35. The Kier molecular flexibility index (Phi) is 3.44. The molecule has 0 spiro atoms. The van der Waals surface area contributed by atoms with E-state index in [4.69, 9.17) is 5.73 Å². The number of anilines is 1. The van der Waals surface area contributed by atoms with Crippen LogP contribution in [0.2, 0.25) is 0 Å². The second-order valence-electron chi connectivity index (χ2n) is 2.63. The molecule has 1 rings (SSSR count). The fraction of sp³-hybridized carbons (Fsp3) is 0.222. The van der Waals surface area contributed by atoms with Gasteiger partial charge in [-0.2, -0.15) is 0 Å². The van der Waals surface area contributed by atoms with Crippen LogP contribution in [0.4, 0.5) is 5.69 Å². The minimum atomic E-state index is 0. The number of hydrogen-bond acceptors (Lipinski definition) is 3. The van der Waals surface area contributed by atoms with Crippen molar-refractivity contribution in [1.29, 1.82) is 0 Å². The van der Waals surface area contributed by atoms with Crippen molar-refractivity contribution >= 4 is 11.5 Å². The average Bonchev–Trinajstić information content (AvgIpc) is 1.85. The molecule has 66 valence electrons. The number of Topliss-reactive ketones (excluding diaryl/α,β-unsaturated/α-hetero) is 1. The van der Waals surface area contributed by atoms with E-state index in [0.717, 1.165) is 11.1 Å². The average molecular weight is 166 g/mol. The molecule has 0 fully saturated rings. The largest absolute Gasteiger partial charge is 0.399 e. The third-order valence-electron chi connectivity index (χ3n) is 1.63. The highest BCUT2D eigenvalue weighted by Crippen LogP contribution is 2.12. The topological polar surface area (TPSA) is 78.1 Å².